The Morgan fingerprint density at radius 2 is 1.93 bits per heavy atom. The standard InChI is InChI=1S/C21H25N3O5S/c1-13-11-18(23-29-13)22-21(28)14(2)30-12-19(26)24-9-7-16(8-10-24)20(27)15-3-5-17(25)6-4-15/h3-6,11,14,16,25H,7-10,12H2,1-2H3,(H,22,23,28)/t14-/m0/s1. The Balaban J connectivity index is 1.42. The van der Waals surface area contributed by atoms with Crippen molar-refractivity contribution in [3.63, 3.8) is 0 Å². The zero-order valence-corrected chi connectivity index (χ0v) is 17.8. The molecule has 0 radical (unpaired) electrons. The van der Waals surface area contributed by atoms with Crippen LogP contribution in [-0.2, 0) is 9.59 Å². The van der Waals surface area contributed by atoms with Gasteiger partial charge < -0.3 is 19.8 Å². The predicted octanol–water partition coefficient (Wildman–Crippen LogP) is 2.87. The van der Waals surface area contributed by atoms with Gasteiger partial charge in [-0.3, -0.25) is 14.4 Å². The van der Waals surface area contributed by atoms with Gasteiger partial charge in [0, 0.05) is 30.6 Å². The molecule has 1 aromatic heterocycles. The molecule has 2 N–H and O–H groups in total. The summed E-state index contributed by atoms with van der Waals surface area (Å²) in [5, 5.41) is 15.3. The number of anilines is 1. The van der Waals surface area contributed by atoms with E-state index < -0.39 is 5.25 Å². The van der Waals surface area contributed by atoms with Crippen molar-refractivity contribution in [2.75, 3.05) is 24.2 Å². The number of carbonyl (C=O) groups excluding carboxylic acids is 3. The molecule has 2 amide bonds. The van der Waals surface area contributed by atoms with E-state index in [1.54, 1.807) is 36.9 Å². The van der Waals surface area contributed by atoms with Crippen molar-refractivity contribution in [1.82, 2.24) is 10.1 Å². The molecular formula is C21H25N3O5S. The number of ketones is 1. The molecule has 1 fully saturated rings. The smallest absolute Gasteiger partial charge is 0.238 e. The highest BCUT2D eigenvalue weighted by Crippen LogP contribution is 2.24. The van der Waals surface area contributed by atoms with Crippen LogP contribution in [0, 0.1) is 12.8 Å². The van der Waals surface area contributed by atoms with Crippen molar-refractivity contribution >= 4 is 35.2 Å². The highest BCUT2D eigenvalue weighted by atomic mass is 32.2. The topological polar surface area (TPSA) is 113 Å². The normalized spacial score (nSPS) is 15.6. The van der Waals surface area contributed by atoms with Crippen LogP contribution in [0.25, 0.3) is 0 Å². The summed E-state index contributed by atoms with van der Waals surface area (Å²) < 4.78 is 4.91. The van der Waals surface area contributed by atoms with Gasteiger partial charge in [-0.2, -0.15) is 0 Å². The van der Waals surface area contributed by atoms with Crippen LogP contribution in [0.2, 0.25) is 0 Å². The Morgan fingerprint density at radius 1 is 1.27 bits per heavy atom. The van der Waals surface area contributed by atoms with Crippen LogP contribution >= 0.6 is 11.8 Å². The summed E-state index contributed by atoms with van der Waals surface area (Å²) in [5.41, 5.74) is 0.579. The van der Waals surface area contributed by atoms with Crippen LogP contribution < -0.4 is 5.32 Å². The monoisotopic (exact) mass is 431 g/mol. The predicted molar refractivity (Wildman–Crippen MR) is 114 cm³/mol. The summed E-state index contributed by atoms with van der Waals surface area (Å²) in [6, 6.07) is 7.88. The van der Waals surface area contributed by atoms with Gasteiger partial charge in [-0.1, -0.05) is 5.16 Å². The van der Waals surface area contributed by atoms with Gasteiger partial charge in [-0.15, -0.1) is 11.8 Å². The van der Waals surface area contributed by atoms with E-state index in [-0.39, 0.29) is 35.0 Å². The van der Waals surface area contributed by atoms with E-state index in [2.05, 4.69) is 10.5 Å². The van der Waals surface area contributed by atoms with E-state index >= 15 is 0 Å². The second-order valence-corrected chi connectivity index (χ2v) is 8.66. The third-order valence-corrected chi connectivity index (χ3v) is 6.20. The van der Waals surface area contributed by atoms with Gasteiger partial charge in [0.1, 0.15) is 11.5 Å². The van der Waals surface area contributed by atoms with Gasteiger partial charge in [0.15, 0.2) is 11.6 Å². The molecule has 30 heavy (non-hydrogen) atoms. The minimum Gasteiger partial charge on any atom is -0.508 e. The lowest BCUT2D eigenvalue weighted by Crippen LogP contribution is -2.41. The maximum atomic E-state index is 12.6. The van der Waals surface area contributed by atoms with Crippen LogP contribution in [0.3, 0.4) is 0 Å². The van der Waals surface area contributed by atoms with Gasteiger partial charge in [0.25, 0.3) is 0 Å². The number of aryl methyl sites for hydroxylation is 1. The number of aromatic nitrogens is 1. The Bertz CT molecular complexity index is 904. The maximum Gasteiger partial charge on any atom is 0.238 e. The minimum absolute atomic E-state index is 0.0348. The van der Waals surface area contributed by atoms with E-state index in [9.17, 15) is 19.5 Å². The highest BCUT2D eigenvalue weighted by Gasteiger charge is 2.28. The third kappa shape index (κ3) is 5.63. The summed E-state index contributed by atoms with van der Waals surface area (Å²) in [4.78, 5) is 39.0. The first kappa shape index (κ1) is 21.9. The average Bonchev–Trinajstić information content (AvgIpc) is 3.16. The Hall–Kier alpha value is -2.81. The molecule has 1 atom stereocenters. The van der Waals surface area contributed by atoms with Crippen molar-refractivity contribution in [2.45, 2.75) is 31.9 Å². The lowest BCUT2D eigenvalue weighted by atomic mass is 9.89. The summed E-state index contributed by atoms with van der Waals surface area (Å²) >= 11 is 1.27. The molecule has 1 aliphatic rings. The van der Waals surface area contributed by atoms with Crippen molar-refractivity contribution in [1.29, 1.82) is 0 Å². The first-order chi connectivity index (χ1) is 14.3. The molecule has 0 unspecified atom stereocenters. The minimum atomic E-state index is -0.417. The fraction of sp³-hybridized carbons (Fsp3) is 0.429. The fourth-order valence-corrected chi connectivity index (χ4v) is 4.05. The molecule has 8 nitrogen and oxygen atoms in total. The van der Waals surface area contributed by atoms with Gasteiger partial charge in [-0.25, -0.2) is 0 Å². The lowest BCUT2D eigenvalue weighted by Gasteiger charge is -2.31. The molecule has 3 rings (SSSR count). The zero-order valence-electron chi connectivity index (χ0n) is 17.0. The number of rotatable bonds is 7. The average molecular weight is 432 g/mol. The summed E-state index contributed by atoms with van der Waals surface area (Å²) in [5.74, 6) is 0.940. The number of amides is 2. The number of phenols is 1. The van der Waals surface area contributed by atoms with E-state index in [4.69, 9.17) is 4.52 Å². The Kier molecular flexibility index (Phi) is 7.15. The summed E-state index contributed by atoms with van der Waals surface area (Å²) in [6.07, 6.45) is 1.22. The Labute approximate surface area is 179 Å². The van der Waals surface area contributed by atoms with Gasteiger partial charge in [0.05, 0.1) is 11.0 Å². The number of aromatic hydroxyl groups is 1. The molecule has 2 heterocycles. The van der Waals surface area contributed by atoms with Crippen molar-refractivity contribution < 1.29 is 24.0 Å². The second-order valence-electron chi connectivity index (χ2n) is 7.33. The van der Waals surface area contributed by atoms with E-state index in [1.165, 1.54) is 23.9 Å². The first-order valence-electron chi connectivity index (χ1n) is 9.80. The third-order valence-electron chi connectivity index (χ3n) is 5.08. The number of benzene rings is 1. The number of Topliss-reactive ketones (excluding diaryl/α,β-unsaturated/α-hetero) is 1. The van der Waals surface area contributed by atoms with Gasteiger partial charge in [-0.05, 0) is 51.0 Å². The van der Waals surface area contributed by atoms with Gasteiger partial charge >= 0.3 is 0 Å². The summed E-state index contributed by atoms with van der Waals surface area (Å²) in [7, 11) is 0. The highest BCUT2D eigenvalue weighted by molar-refractivity contribution is 8.01. The molecule has 0 bridgehead atoms. The largest absolute Gasteiger partial charge is 0.508 e. The van der Waals surface area contributed by atoms with Crippen molar-refractivity contribution in [2.24, 2.45) is 5.92 Å². The lowest BCUT2D eigenvalue weighted by molar-refractivity contribution is -0.129. The maximum absolute atomic E-state index is 12.6. The van der Waals surface area contributed by atoms with Crippen LogP contribution in [0.4, 0.5) is 5.82 Å². The zero-order chi connectivity index (χ0) is 21.7. The number of hydrogen-bond acceptors (Lipinski definition) is 7. The van der Waals surface area contributed by atoms with E-state index in [1.807, 2.05) is 0 Å². The van der Waals surface area contributed by atoms with Crippen LogP contribution in [0.1, 0.15) is 35.9 Å². The number of likely N-dealkylation sites (tertiary alicyclic amines) is 1. The molecule has 0 saturated carbocycles. The number of phenolic OH excluding ortho intramolecular Hbond substituents is 1. The number of nitrogens with zero attached hydrogens (tertiary/aromatic N) is 2. The Morgan fingerprint density at radius 3 is 2.53 bits per heavy atom. The molecule has 0 spiro atoms. The molecule has 2 aromatic rings. The number of hydrogen-bond donors (Lipinski definition) is 2. The first-order valence-corrected chi connectivity index (χ1v) is 10.8. The van der Waals surface area contributed by atoms with Gasteiger partial charge in [0.2, 0.25) is 11.8 Å². The molecule has 1 aliphatic heterocycles. The molecular weight excluding hydrogens is 406 g/mol. The van der Waals surface area contributed by atoms with E-state index in [0.29, 0.717) is 43.1 Å². The van der Waals surface area contributed by atoms with Crippen LogP contribution in [0.5, 0.6) is 5.75 Å². The molecule has 1 aromatic carbocycles. The molecule has 9 heteroatoms. The molecule has 1 saturated heterocycles. The molecule has 160 valence electrons. The fourth-order valence-electron chi connectivity index (χ4n) is 3.27. The number of nitrogens with one attached hydrogen (secondary N) is 1. The SMILES string of the molecule is Cc1cc(NC(=O)[C@H](C)SCC(=O)N2CCC(C(=O)c3ccc(O)cc3)CC2)no1. The van der Waals surface area contributed by atoms with E-state index in [0.717, 1.165) is 0 Å². The number of thioether (sulfide) groups is 1. The number of piperidine rings is 1. The quantitative estimate of drug-likeness (QED) is 0.648. The summed E-state index contributed by atoms with van der Waals surface area (Å²) in [6.45, 7) is 4.52. The van der Waals surface area contributed by atoms with Crippen molar-refractivity contribution in [3.8, 4) is 5.75 Å². The second kappa shape index (κ2) is 9.80. The van der Waals surface area contributed by atoms with Crippen LogP contribution in [-0.4, -0.2) is 56.9 Å². The molecule has 0 aliphatic carbocycles. The van der Waals surface area contributed by atoms with Crippen molar-refractivity contribution in [3.05, 3.63) is 41.7 Å². The number of carbonyl (C=O) groups is 3. The van der Waals surface area contributed by atoms with Crippen LogP contribution in [0.15, 0.2) is 34.9 Å².